The van der Waals surface area contributed by atoms with Crippen LogP contribution >= 0.6 is 15.9 Å². The summed E-state index contributed by atoms with van der Waals surface area (Å²) in [6, 6.07) is 0. The van der Waals surface area contributed by atoms with Crippen LogP contribution in [0.5, 0.6) is 0 Å². The highest BCUT2D eigenvalue weighted by Gasteiger charge is 2.03. The summed E-state index contributed by atoms with van der Waals surface area (Å²) < 4.78 is 0. The number of halogens is 2. The van der Waals surface area contributed by atoms with Crippen molar-refractivity contribution in [1.82, 2.24) is 4.99 Å². The molecule has 0 aliphatic carbocycles. The molecule has 1 rings (SSSR count). The van der Waals surface area contributed by atoms with Crippen LogP contribution in [0.15, 0.2) is 23.9 Å². The fourth-order valence-electron chi connectivity index (χ4n) is 0.477. The second-order valence-corrected chi connectivity index (χ2v) is 2.02. The summed E-state index contributed by atoms with van der Waals surface area (Å²) in [5.74, 6) is 0. The maximum Gasteiger partial charge on any atom is 0.264 e. The summed E-state index contributed by atoms with van der Waals surface area (Å²) in [5, 5.41) is 0.841. The van der Waals surface area contributed by atoms with Crippen LogP contribution < -0.4 is 22.0 Å². The molecule has 49 valence electrons. The maximum absolute atomic E-state index is 4.05. The lowest BCUT2D eigenvalue weighted by Crippen LogP contribution is -3.00. The van der Waals surface area contributed by atoms with Crippen molar-refractivity contribution in [2.45, 2.75) is 0 Å². The zero-order valence-electron chi connectivity index (χ0n) is 4.72. The highest BCUT2D eigenvalue weighted by Crippen LogP contribution is 1.96. The number of rotatable bonds is 1. The molecule has 9 heavy (non-hydrogen) atoms. The van der Waals surface area contributed by atoms with Crippen LogP contribution in [-0.4, -0.2) is 11.5 Å². The van der Waals surface area contributed by atoms with Gasteiger partial charge in [0.25, 0.3) is 5.70 Å². The molecule has 0 aromatic rings. The van der Waals surface area contributed by atoms with Gasteiger partial charge in [-0.05, 0) is 6.08 Å². The van der Waals surface area contributed by atoms with E-state index in [4.69, 9.17) is 0 Å². The Balaban J connectivity index is 0.000000640. The zero-order chi connectivity index (χ0) is 5.82. The third-order valence-corrected chi connectivity index (χ3v) is 1.44. The first-order valence-electron chi connectivity index (χ1n) is 2.39. The Morgan fingerprint density at radius 2 is 2.22 bits per heavy atom. The fourth-order valence-corrected chi connectivity index (χ4v) is 0.809. The molecule has 0 saturated carbocycles. The number of hydrogen-bond donors (Lipinski definition) is 0. The van der Waals surface area contributed by atoms with Gasteiger partial charge in [-0.1, -0.05) is 15.9 Å². The van der Waals surface area contributed by atoms with Crippen LogP contribution in [0.2, 0.25) is 0 Å². The van der Waals surface area contributed by atoms with Gasteiger partial charge in [0, 0.05) is 12.2 Å². The normalized spacial score (nSPS) is 14.6. The summed E-state index contributed by atoms with van der Waals surface area (Å²) in [6.07, 6.45) is 7.65. The van der Waals surface area contributed by atoms with Crippen molar-refractivity contribution in [2.75, 3.05) is 5.33 Å². The van der Waals surface area contributed by atoms with Gasteiger partial charge in [0.15, 0.2) is 0 Å². The maximum atomic E-state index is 4.05. The van der Waals surface area contributed by atoms with Gasteiger partial charge in [-0.3, -0.25) is 0 Å². The fraction of sp³-hybridized carbons (Fsp3) is 0.167. The van der Waals surface area contributed by atoms with Crippen molar-refractivity contribution in [3.8, 4) is 0 Å². The molecule has 1 heterocycles. The van der Waals surface area contributed by atoms with Crippen LogP contribution in [0, 0.1) is 0 Å². The van der Waals surface area contributed by atoms with E-state index in [1.54, 1.807) is 6.21 Å². The molecule has 1 aliphatic heterocycles. The quantitative estimate of drug-likeness (QED) is 0.491. The predicted molar refractivity (Wildman–Crippen MR) is 39.2 cm³/mol. The van der Waals surface area contributed by atoms with Crippen molar-refractivity contribution in [1.29, 1.82) is 0 Å². The van der Waals surface area contributed by atoms with E-state index in [9.17, 15) is 0 Å². The minimum atomic E-state index is 0. The molecule has 0 amide bonds. The first-order valence-corrected chi connectivity index (χ1v) is 3.51. The average Bonchev–Trinajstić information content (AvgIpc) is 1.90. The van der Waals surface area contributed by atoms with Gasteiger partial charge in [0.05, 0.1) is 10.3 Å². The molecule has 0 fully saturated rings. The van der Waals surface area contributed by atoms with Gasteiger partial charge in [-0.2, -0.15) is 0 Å². The molecular weight excluding hydrogens is 246 g/mol. The lowest BCUT2D eigenvalue weighted by atomic mass is 10.3. The van der Waals surface area contributed by atoms with Crippen LogP contribution in [0.1, 0.15) is 0 Å². The SMILES string of the molecule is BrCC1=CC=CC=[N+]1.[Br-]. The van der Waals surface area contributed by atoms with Crippen molar-refractivity contribution in [2.24, 2.45) is 0 Å². The Labute approximate surface area is 73.5 Å². The molecule has 1 nitrogen and oxygen atoms in total. The second-order valence-electron chi connectivity index (χ2n) is 1.45. The lowest BCUT2D eigenvalue weighted by molar-refractivity contribution is -0.00000157. The van der Waals surface area contributed by atoms with E-state index >= 15 is 0 Å². The number of alkyl halides is 1. The number of hydrogen-bond acceptors (Lipinski definition) is 1. The van der Waals surface area contributed by atoms with Crippen molar-refractivity contribution in [3.63, 3.8) is 0 Å². The van der Waals surface area contributed by atoms with Crippen LogP contribution in [0.4, 0.5) is 0 Å². The first kappa shape index (κ1) is 9.11. The Hall–Kier alpha value is 0.110. The number of nitrogens with zero attached hydrogens (tertiary/aromatic N) is 1. The molecule has 0 saturated heterocycles. The Morgan fingerprint density at radius 1 is 1.44 bits per heavy atom. The van der Waals surface area contributed by atoms with Gasteiger partial charge >= 0.3 is 0 Å². The van der Waals surface area contributed by atoms with Crippen LogP contribution in [-0.2, 0) is 0 Å². The molecule has 0 atom stereocenters. The van der Waals surface area contributed by atoms with Crippen molar-refractivity contribution in [3.05, 3.63) is 23.9 Å². The molecular formula is C6H6Br2N. The van der Waals surface area contributed by atoms with Gasteiger partial charge in [-0.15, -0.1) is 0 Å². The van der Waals surface area contributed by atoms with E-state index < -0.39 is 0 Å². The molecule has 0 N–H and O–H groups in total. The topological polar surface area (TPSA) is 14.1 Å². The lowest BCUT2D eigenvalue weighted by Gasteiger charge is -1.79. The van der Waals surface area contributed by atoms with Gasteiger partial charge < -0.3 is 17.0 Å². The van der Waals surface area contributed by atoms with Gasteiger partial charge in [0.2, 0.25) is 6.21 Å². The predicted octanol–water partition coefficient (Wildman–Crippen LogP) is -1.75. The highest BCUT2D eigenvalue weighted by atomic mass is 79.9. The molecule has 0 aromatic carbocycles. The van der Waals surface area contributed by atoms with E-state index in [-0.39, 0.29) is 17.0 Å². The summed E-state index contributed by atoms with van der Waals surface area (Å²) in [4.78, 5) is 4.05. The zero-order valence-corrected chi connectivity index (χ0v) is 7.89. The van der Waals surface area contributed by atoms with Crippen molar-refractivity contribution < 1.29 is 17.0 Å². The number of allylic oxidation sites excluding steroid dienone is 4. The minimum absolute atomic E-state index is 0. The minimum Gasteiger partial charge on any atom is -1.00 e. The molecule has 1 radical (unpaired) electrons. The van der Waals surface area contributed by atoms with E-state index in [0.29, 0.717) is 0 Å². The molecule has 0 aromatic heterocycles. The van der Waals surface area contributed by atoms with E-state index in [1.165, 1.54) is 0 Å². The molecule has 0 bridgehead atoms. The summed E-state index contributed by atoms with van der Waals surface area (Å²) >= 11 is 3.29. The third-order valence-electron chi connectivity index (χ3n) is 0.863. The summed E-state index contributed by atoms with van der Waals surface area (Å²) in [7, 11) is 0. The Bertz CT molecular complexity index is 158. The highest BCUT2D eigenvalue weighted by molar-refractivity contribution is 9.09. The van der Waals surface area contributed by atoms with Crippen LogP contribution in [0.25, 0.3) is 0 Å². The Kier molecular flexibility index (Phi) is 5.00. The summed E-state index contributed by atoms with van der Waals surface area (Å²) in [6.45, 7) is 0. The number of aliphatic imine (C=N–C) groups is 1. The van der Waals surface area contributed by atoms with Gasteiger partial charge in [0.1, 0.15) is 0 Å². The average molecular weight is 252 g/mol. The molecule has 1 aliphatic rings. The van der Waals surface area contributed by atoms with Gasteiger partial charge in [-0.25, -0.2) is 0 Å². The first-order chi connectivity index (χ1) is 3.93. The van der Waals surface area contributed by atoms with Crippen molar-refractivity contribution >= 4 is 22.1 Å². The van der Waals surface area contributed by atoms with E-state index in [0.717, 1.165) is 11.0 Å². The Morgan fingerprint density at radius 3 is 2.56 bits per heavy atom. The monoisotopic (exact) mass is 250 g/mol. The largest absolute Gasteiger partial charge is 1.00 e. The molecule has 0 spiro atoms. The van der Waals surface area contributed by atoms with Crippen LogP contribution in [0.3, 0.4) is 0 Å². The molecule has 3 heteroatoms. The smallest absolute Gasteiger partial charge is 0.264 e. The molecule has 0 unspecified atom stereocenters. The van der Waals surface area contributed by atoms with E-state index in [2.05, 4.69) is 20.9 Å². The third kappa shape index (κ3) is 2.96. The standard InChI is InChI=1S/C6H6BrN.BrH/c7-5-6-3-1-2-4-8-6;/h1-4H,5H2;1H/q+1;/p-1. The summed E-state index contributed by atoms with van der Waals surface area (Å²) in [5.41, 5.74) is 1.08. The van der Waals surface area contributed by atoms with E-state index in [1.807, 2.05) is 18.2 Å². The second kappa shape index (κ2) is 4.94.